The van der Waals surface area contributed by atoms with Crippen molar-refractivity contribution in [2.45, 2.75) is 44.1 Å². The zero-order valence-electron chi connectivity index (χ0n) is 12.1. The van der Waals surface area contributed by atoms with Crippen LogP contribution in [0.4, 0.5) is 0 Å². The number of ether oxygens (including phenoxy) is 2. The van der Waals surface area contributed by atoms with Crippen LogP contribution in [0.5, 0.6) is 5.75 Å². The first-order chi connectivity index (χ1) is 9.71. The van der Waals surface area contributed by atoms with Gasteiger partial charge in [0.15, 0.2) is 0 Å². The second kappa shape index (κ2) is 5.57. The topological polar surface area (TPSA) is 35.5 Å². The lowest BCUT2D eigenvalue weighted by Gasteiger charge is -2.46. The highest BCUT2D eigenvalue weighted by Gasteiger charge is 2.44. The van der Waals surface area contributed by atoms with Crippen LogP contribution in [0, 0.1) is 5.92 Å². The van der Waals surface area contributed by atoms with Crippen LogP contribution in [0.25, 0.3) is 0 Å². The van der Waals surface area contributed by atoms with Gasteiger partial charge in [-0.1, -0.05) is 12.1 Å². The van der Waals surface area contributed by atoms with Crippen molar-refractivity contribution in [1.82, 2.24) is 0 Å². The summed E-state index contributed by atoms with van der Waals surface area (Å²) in [6.07, 6.45) is 5.88. The molecule has 0 radical (unpaired) electrons. The highest BCUT2D eigenvalue weighted by molar-refractivity contribution is 5.83. The molecule has 2 fully saturated rings. The van der Waals surface area contributed by atoms with Crippen molar-refractivity contribution in [1.29, 1.82) is 0 Å². The average molecular weight is 274 g/mol. The summed E-state index contributed by atoms with van der Waals surface area (Å²) in [4.78, 5) is 12.5. The number of carbonyl (C=O) groups is 1. The lowest BCUT2D eigenvalue weighted by molar-refractivity contribution is -0.155. The zero-order chi connectivity index (χ0) is 14.0. The van der Waals surface area contributed by atoms with Crippen molar-refractivity contribution in [2.75, 3.05) is 13.7 Å². The predicted molar refractivity (Wildman–Crippen MR) is 77.0 cm³/mol. The molecule has 20 heavy (non-hydrogen) atoms. The van der Waals surface area contributed by atoms with E-state index in [0.29, 0.717) is 12.2 Å². The van der Waals surface area contributed by atoms with Gasteiger partial charge in [0.05, 0.1) is 12.7 Å². The Morgan fingerprint density at radius 2 is 2.10 bits per heavy atom. The van der Waals surface area contributed by atoms with Crippen LogP contribution in [-0.4, -0.2) is 25.1 Å². The van der Waals surface area contributed by atoms with Gasteiger partial charge < -0.3 is 9.47 Å². The standard InChI is InChI=1S/C17H22O3/c1-19-15-5-3-13(4-6-15)11-16(18)14-7-10-20-17(12-14)8-2-9-17/h3-6,14H,2,7-12H2,1H3. The van der Waals surface area contributed by atoms with Crippen molar-refractivity contribution in [3.8, 4) is 5.75 Å². The molecule has 0 amide bonds. The lowest BCUT2D eigenvalue weighted by Crippen LogP contribution is -2.47. The van der Waals surface area contributed by atoms with E-state index in [-0.39, 0.29) is 11.5 Å². The Morgan fingerprint density at radius 3 is 2.70 bits per heavy atom. The van der Waals surface area contributed by atoms with E-state index in [1.165, 1.54) is 6.42 Å². The lowest BCUT2D eigenvalue weighted by atomic mass is 9.71. The molecule has 108 valence electrons. The Labute approximate surface area is 120 Å². The third-order valence-corrected chi connectivity index (χ3v) is 4.75. The SMILES string of the molecule is COc1ccc(CC(=O)C2CCOC3(CCC3)C2)cc1. The molecule has 1 aromatic carbocycles. The molecular weight excluding hydrogens is 252 g/mol. The van der Waals surface area contributed by atoms with Gasteiger partial charge in [-0.3, -0.25) is 4.79 Å². The third kappa shape index (κ3) is 2.73. The van der Waals surface area contributed by atoms with E-state index >= 15 is 0 Å². The van der Waals surface area contributed by atoms with E-state index in [4.69, 9.17) is 9.47 Å². The van der Waals surface area contributed by atoms with E-state index in [0.717, 1.165) is 43.6 Å². The number of Topliss-reactive ketones (excluding diaryl/α,β-unsaturated/α-hetero) is 1. The number of ketones is 1. The minimum Gasteiger partial charge on any atom is -0.497 e. The molecule has 1 aromatic rings. The van der Waals surface area contributed by atoms with Crippen LogP contribution < -0.4 is 4.74 Å². The summed E-state index contributed by atoms with van der Waals surface area (Å²) >= 11 is 0. The summed E-state index contributed by atoms with van der Waals surface area (Å²) in [6, 6.07) is 7.80. The van der Waals surface area contributed by atoms with Gasteiger partial charge in [0.2, 0.25) is 0 Å². The minimum atomic E-state index is 0.0541. The normalized spacial score (nSPS) is 24.1. The van der Waals surface area contributed by atoms with Crippen LogP contribution in [0.15, 0.2) is 24.3 Å². The minimum absolute atomic E-state index is 0.0541. The van der Waals surface area contributed by atoms with Crippen LogP contribution >= 0.6 is 0 Å². The Balaban J connectivity index is 1.60. The summed E-state index contributed by atoms with van der Waals surface area (Å²) in [7, 11) is 1.65. The molecule has 1 spiro atoms. The number of benzene rings is 1. The van der Waals surface area contributed by atoms with Crippen molar-refractivity contribution < 1.29 is 14.3 Å². The maximum Gasteiger partial charge on any atom is 0.140 e. The van der Waals surface area contributed by atoms with Gasteiger partial charge in [0.25, 0.3) is 0 Å². The number of hydrogen-bond donors (Lipinski definition) is 0. The van der Waals surface area contributed by atoms with Crippen LogP contribution in [-0.2, 0) is 16.0 Å². The maximum atomic E-state index is 12.5. The summed E-state index contributed by atoms with van der Waals surface area (Å²) in [5, 5.41) is 0. The van der Waals surface area contributed by atoms with E-state index in [1.807, 2.05) is 24.3 Å². The number of rotatable bonds is 4. The van der Waals surface area contributed by atoms with Crippen molar-refractivity contribution in [3.05, 3.63) is 29.8 Å². The van der Waals surface area contributed by atoms with Gasteiger partial charge in [-0.15, -0.1) is 0 Å². The molecule has 2 aliphatic rings. The highest BCUT2D eigenvalue weighted by atomic mass is 16.5. The molecule has 1 unspecified atom stereocenters. The average Bonchev–Trinajstić information content (AvgIpc) is 2.46. The molecule has 1 saturated carbocycles. The largest absolute Gasteiger partial charge is 0.497 e. The molecular formula is C17H22O3. The highest BCUT2D eigenvalue weighted by Crippen LogP contribution is 2.44. The molecule has 0 N–H and O–H groups in total. The fourth-order valence-corrected chi connectivity index (χ4v) is 3.31. The number of hydrogen-bond acceptors (Lipinski definition) is 3. The van der Waals surface area contributed by atoms with Gasteiger partial charge in [0, 0.05) is 18.9 Å². The van der Waals surface area contributed by atoms with E-state index in [9.17, 15) is 4.79 Å². The number of carbonyl (C=O) groups excluding carboxylic acids is 1. The first-order valence-electron chi connectivity index (χ1n) is 7.50. The summed E-state index contributed by atoms with van der Waals surface area (Å²) in [5.74, 6) is 1.39. The van der Waals surface area contributed by atoms with Crippen molar-refractivity contribution >= 4 is 5.78 Å². The van der Waals surface area contributed by atoms with E-state index in [2.05, 4.69) is 0 Å². The monoisotopic (exact) mass is 274 g/mol. The third-order valence-electron chi connectivity index (χ3n) is 4.75. The van der Waals surface area contributed by atoms with Crippen LogP contribution in [0.2, 0.25) is 0 Å². The second-order valence-electron chi connectivity index (χ2n) is 6.07. The molecule has 0 aromatic heterocycles. The molecule has 0 bridgehead atoms. The first-order valence-corrected chi connectivity index (χ1v) is 7.50. The molecule has 1 aliphatic heterocycles. The van der Waals surface area contributed by atoms with Gasteiger partial charge in [-0.05, 0) is 49.8 Å². The molecule has 3 rings (SSSR count). The van der Waals surface area contributed by atoms with E-state index in [1.54, 1.807) is 7.11 Å². The van der Waals surface area contributed by atoms with Crippen molar-refractivity contribution in [3.63, 3.8) is 0 Å². The molecule has 1 saturated heterocycles. The maximum absolute atomic E-state index is 12.5. The van der Waals surface area contributed by atoms with Crippen LogP contribution in [0.1, 0.15) is 37.7 Å². The zero-order valence-corrected chi connectivity index (χ0v) is 12.1. The number of methoxy groups -OCH3 is 1. The fourth-order valence-electron chi connectivity index (χ4n) is 3.31. The predicted octanol–water partition coefficient (Wildman–Crippen LogP) is 3.16. The summed E-state index contributed by atoms with van der Waals surface area (Å²) < 4.78 is 11.0. The Morgan fingerprint density at radius 1 is 1.35 bits per heavy atom. The molecule has 3 heteroatoms. The van der Waals surface area contributed by atoms with Crippen LogP contribution in [0.3, 0.4) is 0 Å². The smallest absolute Gasteiger partial charge is 0.140 e. The van der Waals surface area contributed by atoms with Gasteiger partial charge in [-0.25, -0.2) is 0 Å². The fraction of sp³-hybridized carbons (Fsp3) is 0.588. The van der Waals surface area contributed by atoms with Gasteiger partial charge >= 0.3 is 0 Å². The van der Waals surface area contributed by atoms with Gasteiger partial charge in [-0.2, -0.15) is 0 Å². The molecule has 1 heterocycles. The molecule has 1 atom stereocenters. The summed E-state index contributed by atoms with van der Waals surface area (Å²) in [6.45, 7) is 0.749. The Kier molecular flexibility index (Phi) is 3.79. The van der Waals surface area contributed by atoms with Crippen molar-refractivity contribution in [2.24, 2.45) is 5.92 Å². The molecule has 3 nitrogen and oxygen atoms in total. The first kappa shape index (κ1) is 13.6. The summed E-state index contributed by atoms with van der Waals surface area (Å²) in [5.41, 5.74) is 1.13. The second-order valence-corrected chi connectivity index (χ2v) is 6.07. The van der Waals surface area contributed by atoms with Gasteiger partial charge in [0.1, 0.15) is 11.5 Å². The van der Waals surface area contributed by atoms with E-state index < -0.39 is 0 Å². The molecule has 1 aliphatic carbocycles. The quantitative estimate of drug-likeness (QED) is 0.846. The Hall–Kier alpha value is -1.35. The Bertz CT molecular complexity index is 474.